The average molecular weight is 347 g/mol. The minimum atomic E-state index is 0.476. The molecule has 0 unspecified atom stereocenters. The molecule has 24 heavy (non-hydrogen) atoms. The van der Waals surface area contributed by atoms with Crippen LogP contribution in [0.4, 0.5) is 0 Å². The molecule has 2 heterocycles. The van der Waals surface area contributed by atoms with E-state index in [1.165, 1.54) is 5.56 Å². The summed E-state index contributed by atoms with van der Waals surface area (Å²) in [6, 6.07) is 5.45. The maximum Gasteiger partial charge on any atom is 0.227 e. The first-order valence-corrected chi connectivity index (χ1v) is 8.03. The second kappa shape index (κ2) is 6.65. The summed E-state index contributed by atoms with van der Waals surface area (Å²) in [6.07, 6.45) is 1.46. The summed E-state index contributed by atoms with van der Waals surface area (Å²) in [7, 11) is 3.52. The van der Waals surface area contributed by atoms with Crippen molar-refractivity contribution in [3.63, 3.8) is 0 Å². The number of ether oxygens (including phenoxy) is 1. The molecule has 7 heteroatoms. The molecule has 6 nitrogen and oxygen atoms in total. The van der Waals surface area contributed by atoms with Crippen LogP contribution in [-0.4, -0.2) is 27.0 Å². The molecule has 1 aromatic carbocycles. The van der Waals surface area contributed by atoms with Crippen molar-refractivity contribution < 1.29 is 9.26 Å². The van der Waals surface area contributed by atoms with Gasteiger partial charge in [-0.1, -0.05) is 22.8 Å². The van der Waals surface area contributed by atoms with Crippen LogP contribution in [0.1, 0.15) is 22.8 Å². The second-order valence-corrected chi connectivity index (χ2v) is 6.01. The molecular weight excluding hydrogens is 328 g/mol. The Bertz CT molecular complexity index is 870. The van der Waals surface area contributed by atoms with Crippen molar-refractivity contribution in [1.29, 1.82) is 0 Å². The average Bonchev–Trinajstić information content (AvgIpc) is 3.11. The van der Waals surface area contributed by atoms with Gasteiger partial charge in [0.05, 0.1) is 23.4 Å². The van der Waals surface area contributed by atoms with E-state index >= 15 is 0 Å². The fourth-order valence-electron chi connectivity index (χ4n) is 2.77. The molecule has 0 radical (unpaired) electrons. The summed E-state index contributed by atoms with van der Waals surface area (Å²) in [5.41, 5.74) is 4.13. The number of rotatable bonds is 5. The number of halogens is 1. The van der Waals surface area contributed by atoms with Crippen molar-refractivity contribution in [2.75, 3.05) is 7.11 Å². The Labute approximate surface area is 145 Å². The van der Waals surface area contributed by atoms with Gasteiger partial charge in [0, 0.05) is 19.2 Å². The predicted molar refractivity (Wildman–Crippen MR) is 91.4 cm³/mol. The molecule has 0 fully saturated rings. The highest BCUT2D eigenvalue weighted by molar-refractivity contribution is 6.32. The molecule has 3 rings (SSSR count). The van der Waals surface area contributed by atoms with Crippen LogP contribution in [0.15, 0.2) is 22.7 Å². The fraction of sp³-hybridized carbons (Fsp3) is 0.353. The number of hydrogen-bond acceptors (Lipinski definition) is 5. The van der Waals surface area contributed by atoms with Crippen molar-refractivity contribution >= 4 is 11.6 Å². The predicted octanol–water partition coefficient (Wildman–Crippen LogP) is 3.53. The standard InChI is InChI=1S/C17H19ClN4O2/c1-10-12(11(2)22(3)20-10)8-9-15-19-17(21-24-15)13-6-5-7-14(18)16(13)23-4/h5-7H,8-9H2,1-4H3. The lowest BCUT2D eigenvalue weighted by atomic mass is 10.1. The third kappa shape index (κ3) is 3.01. The number of aryl methyl sites for hydroxylation is 3. The molecule has 0 aliphatic carbocycles. The molecule has 126 valence electrons. The molecule has 2 aromatic heterocycles. The second-order valence-electron chi connectivity index (χ2n) is 5.61. The first-order valence-electron chi connectivity index (χ1n) is 7.65. The van der Waals surface area contributed by atoms with Crippen molar-refractivity contribution in [3.05, 3.63) is 46.1 Å². The number of benzene rings is 1. The van der Waals surface area contributed by atoms with Crippen molar-refractivity contribution in [2.45, 2.75) is 26.7 Å². The summed E-state index contributed by atoms with van der Waals surface area (Å²) in [5, 5.41) is 9.00. The maximum atomic E-state index is 6.14. The van der Waals surface area contributed by atoms with Gasteiger partial charge in [0.2, 0.25) is 11.7 Å². The van der Waals surface area contributed by atoms with Crippen molar-refractivity contribution in [3.8, 4) is 17.1 Å². The third-order valence-corrected chi connectivity index (χ3v) is 4.43. The minimum absolute atomic E-state index is 0.476. The van der Waals surface area contributed by atoms with Gasteiger partial charge in [-0.15, -0.1) is 0 Å². The molecule has 0 spiro atoms. The SMILES string of the molecule is COc1c(Cl)cccc1-c1noc(CCc2c(C)nn(C)c2C)n1. The molecule has 0 aliphatic rings. The van der Waals surface area contributed by atoms with Crippen LogP contribution in [-0.2, 0) is 19.9 Å². The zero-order valence-corrected chi connectivity index (χ0v) is 14.9. The topological polar surface area (TPSA) is 66.0 Å². The first kappa shape index (κ1) is 16.5. The van der Waals surface area contributed by atoms with Gasteiger partial charge in [-0.25, -0.2) is 0 Å². The minimum Gasteiger partial charge on any atom is -0.494 e. The van der Waals surface area contributed by atoms with Crippen molar-refractivity contribution in [2.24, 2.45) is 7.05 Å². The van der Waals surface area contributed by atoms with Gasteiger partial charge in [-0.3, -0.25) is 4.68 Å². The van der Waals surface area contributed by atoms with Gasteiger partial charge in [0.15, 0.2) is 0 Å². The Balaban J connectivity index is 1.80. The molecule has 0 amide bonds. The molecule has 3 aromatic rings. The van der Waals surface area contributed by atoms with Gasteiger partial charge in [0.1, 0.15) is 5.75 Å². The van der Waals surface area contributed by atoms with E-state index in [1.54, 1.807) is 13.2 Å². The highest BCUT2D eigenvalue weighted by atomic mass is 35.5. The quantitative estimate of drug-likeness (QED) is 0.707. The highest BCUT2D eigenvalue weighted by Gasteiger charge is 2.16. The van der Waals surface area contributed by atoms with E-state index in [-0.39, 0.29) is 0 Å². The maximum absolute atomic E-state index is 6.14. The Morgan fingerprint density at radius 3 is 2.71 bits per heavy atom. The van der Waals surface area contributed by atoms with Gasteiger partial charge >= 0.3 is 0 Å². The van der Waals surface area contributed by atoms with Gasteiger partial charge in [0.25, 0.3) is 0 Å². The van der Waals surface area contributed by atoms with Gasteiger partial charge < -0.3 is 9.26 Å². The number of aromatic nitrogens is 4. The lowest BCUT2D eigenvalue weighted by Gasteiger charge is -2.06. The smallest absolute Gasteiger partial charge is 0.227 e. The largest absolute Gasteiger partial charge is 0.494 e. The summed E-state index contributed by atoms with van der Waals surface area (Å²) < 4.78 is 12.6. The van der Waals surface area contributed by atoms with E-state index in [2.05, 4.69) is 22.2 Å². The van der Waals surface area contributed by atoms with Gasteiger partial charge in [-0.2, -0.15) is 10.1 Å². The van der Waals surface area contributed by atoms with Crippen LogP contribution in [0.5, 0.6) is 5.75 Å². The molecule has 0 aliphatic heterocycles. The summed E-state index contributed by atoms with van der Waals surface area (Å²) in [6.45, 7) is 4.07. The highest BCUT2D eigenvalue weighted by Crippen LogP contribution is 2.34. The number of para-hydroxylation sites is 1. The Morgan fingerprint density at radius 1 is 1.25 bits per heavy atom. The fourth-order valence-corrected chi connectivity index (χ4v) is 3.02. The van der Waals surface area contributed by atoms with Crippen molar-refractivity contribution in [1.82, 2.24) is 19.9 Å². The summed E-state index contributed by atoms with van der Waals surface area (Å²) in [4.78, 5) is 4.47. The molecular formula is C17H19ClN4O2. The molecule has 0 atom stereocenters. The van der Waals surface area contributed by atoms with E-state index in [0.717, 1.165) is 17.8 Å². The third-order valence-electron chi connectivity index (χ3n) is 4.13. The van der Waals surface area contributed by atoms with Crippen LogP contribution < -0.4 is 4.74 Å². The van der Waals surface area contributed by atoms with E-state index in [4.69, 9.17) is 20.9 Å². The van der Waals surface area contributed by atoms with Crippen LogP contribution in [0.2, 0.25) is 5.02 Å². The summed E-state index contributed by atoms with van der Waals surface area (Å²) >= 11 is 6.14. The zero-order valence-electron chi connectivity index (χ0n) is 14.1. The Hall–Kier alpha value is -2.34. The summed E-state index contributed by atoms with van der Waals surface area (Å²) in [5.74, 6) is 1.60. The Morgan fingerprint density at radius 2 is 2.04 bits per heavy atom. The van der Waals surface area contributed by atoms with E-state index in [1.807, 2.05) is 30.8 Å². The lowest BCUT2D eigenvalue weighted by Crippen LogP contribution is -1.97. The van der Waals surface area contributed by atoms with E-state index in [0.29, 0.717) is 34.5 Å². The molecule has 0 bridgehead atoms. The first-order chi connectivity index (χ1) is 11.5. The van der Waals surface area contributed by atoms with Gasteiger partial charge in [-0.05, 0) is 38.0 Å². The van der Waals surface area contributed by atoms with E-state index < -0.39 is 0 Å². The lowest BCUT2D eigenvalue weighted by molar-refractivity contribution is 0.378. The molecule has 0 saturated heterocycles. The number of hydrogen-bond donors (Lipinski definition) is 0. The number of methoxy groups -OCH3 is 1. The van der Waals surface area contributed by atoms with Crippen LogP contribution >= 0.6 is 11.6 Å². The van der Waals surface area contributed by atoms with E-state index in [9.17, 15) is 0 Å². The van der Waals surface area contributed by atoms with Crippen LogP contribution in [0.25, 0.3) is 11.4 Å². The van der Waals surface area contributed by atoms with Crippen LogP contribution in [0, 0.1) is 13.8 Å². The normalized spacial score (nSPS) is 11.0. The van der Waals surface area contributed by atoms with Crippen LogP contribution in [0.3, 0.4) is 0 Å². The monoisotopic (exact) mass is 346 g/mol. The Kier molecular flexibility index (Phi) is 4.57. The molecule has 0 N–H and O–H groups in total. The zero-order chi connectivity index (χ0) is 17.3. The number of nitrogens with zero attached hydrogens (tertiary/aromatic N) is 4. The molecule has 0 saturated carbocycles.